The molecule has 29 heavy (non-hydrogen) atoms. The highest BCUT2D eigenvalue weighted by molar-refractivity contribution is 6.03. The van der Waals surface area contributed by atoms with Gasteiger partial charge >= 0.3 is 0 Å². The SMILES string of the molecule is COc1ncnc(Cn2nc(C(=O)NCC3(OC)CC3)c3ncc(C)cc32)c1C. The van der Waals surface area contributed by atoms with Crippen molar-refractivity contribution < 1.29 is 14.3 Å². The van der Waals surface area contributed by atoms with Gasteiger partial charge in [0.2, 0.25) is 5.88 Å². The van der Waals surface area contributed by atoms with Gasteiger partial charge in [-0.25, -0.2) is 9.97 Å². The maximum atomic E-state index is 12.8. The summed E-state index contributed by atoms with van der Waals surface area (Å²) in [5.74, 6) is 0.262. The minimum atomic E-state index is -0.259. The van der Waals surface area contributed by atoms with Crippen LogP contribution in [0.2, 0.25) is 0 Å². The fourth-order valence-electron chi connectivity index (χ4n) is 3.32. The number of nitrogens with zero attached hydrogens (tertiary/aromatic N) is 5. The fourth-order valence-corrected chi connectivity index (χ4v) is 3.32. The number of pyridine rings is 1. The highest BCUT2D eigenvalue weighted by Gasteiger charge is 2.43. The number of hydrogen-bond donors (Lipinski definition) is 1. The number of fused-ring (bicyclic) bond motifs is 1. The fraction of sp³-hybridized carbons (Fsp3) is 0.450. The summed E-state index contributed by atoms with van der Waals surface area (Å²) in [5, 5.41) is 7.51. The van der Waals surface area contributed by atoms with Gasteiger partial charge < -0.3 is 14.8 Å². The molecule has 0 aromatic carbocycles. The molecular weight excluding hydrogens is 372 g/mol. The van der Waals surface area contributed by atoms with E-state index in [1.54, 1.807) is 25.1 Å². The lowest BCUT2D eigenvalue weighted by atomic mass is 10.2. The Kier molecular flexibility index (Phi) is 4.91. The Morgan fingerprint density at radius 3 is 2.72 bits per heavy atom. The summed E-state index contributed by atoms with van der Waals surface area (Å²) in [4.78, 5) is 25.8. The summed E-state index contributed by atoms with van der Waals surface area (Å²) < 4.78 is 12.5. The lowest BCUT2D eigenvalue weighted by Crippen LogP contribution is -2.34. The molecule has 0 saturated heterocycles. The lowest BCUT2D eigenvalue weighted by molar-refractivity contribution is 0.0709. The molecule has 3 heterocycles. The Bertz CT molecular complexity index is 1070. The summed E-state index contributed by atoms with van der Waals surface area (Å²) in [6, 6.07) is 1.97. The van der Waals surface area contributed by atoms with Gasteiger partial charge in [-0.3, -0.25) is 14.5 Å². The molecule has 1 amide bonds. The van der Waals surface area contributed by atoms with Gasteiger partial charge in [0.15, 0.2) is 5.69 Å². The van der Waals surface area contributed by atoms with Crippen LogP contribution in [0.5, 0.6) is 5.88 Å². The highest BCUT2D eigenvalue weighted by atomic mass is 16.5. The van der Waals surface area contributed by atoms with Crippen molar-refractivity contribution in [3.05, 3.63) is 41.1 Å². The number of amides is 1. The smallest absolute Gasteiger partial charge is 0.274 e. The Balaban J connectivity index is 1.68. The number of hydrogen-bond acceptors (Lipinski definition) is 7. The molecule has 0 atom stereocenters. The number of carbonyl (C=O) groups is 1. The Morgan fingerprint density at radius 2 is 2.03 bits per heavy atom. The van der Waals surface area contributed by atoms with Crippen LogP contribution in [0.25, 0.3) is 11.0 Å². The number of nitrogens with one attached hydrogen (secondary N) is 1. The van der Waals surface area contributed by atoms with E-state index in [2.05, 4.69) is 25.4 Å². The quantitative estimate of drug-likeness (QED) is 0.649. The first-order valence-corrected chi connectivity index (χ1v) is 9.47. The van der Waals surface area contributed by atoms with Gasteiger partial charge in [-0.15, -0.1) is 0 Å². The van der Waals surface area contributed by atoms with E-state index in [1.807, 2.05) is 19.9 Å². The van der Waals surface area contributed by atoms with Crippen LogP contribution in [-0.2, 0) is 11.3 Å². The molecule has 1 N–H and O–H groups in total. The van der Waals surface area contributed by atoms with Crippen molar-refractivity contribution in [1.29, 1.82) is 0 Å². The van der Waals surface area contributed by atoms with Crippen LogP contribution in [0.3, 0.4) is 0 Å². The first kappa shape index (κ1) is 19.3. The van der Waals surface area contributed by atoms with Crippen LogP contribution in [0.4, 0.5) is 0 Å². The van der Waals surface area contributed by atoms with E-state index in [4.69, 9.17) is 9.47 Å². The molecule has 1 saturated carbocycles. The van der Waals surface area contributed by atoms with Gasteiger partial charge in [0.1, 0.15) is 11.8 Å². The summed E-state index contributed by atoms with van der Waals surface area (Å²) >= 11 is 0. The highest BCUT2D eigenvalue weighted by Crippen LogP contribution is 2.38. The van der Waals surface area contributed by atoms with Gasteiger partial charge in [0.25, 0.3) is 5.91 Å². The Hall–Kier alpha value is -3.07. The zero-order valence-corrected chi connectivity index (χ0v) is 17.0. The van der Waals surface area contributed by atoms with Gasteiger partial charge in [-0.05, 0) is 38.3 Å². The molecule has 0 aliphatic heterocycles. The molecule has 3 aromatic rings. The first-order valence-electron chi connectivity index (χ1n) is 9.47. The average Bonchev–Trinajstić information content (AvgIpc) is 3.43. The molecular formula is C20H24N6O3. The predicted molar refractivity (Wildman–Crippen MR) is 106 cm³/mol. The number of rotatable bonds is 7. The minimum absolute atomic E-state index is 0.229. The van der Waals surface area contributed by atoms with Crippen LogP contribution in [0.15, 0.2) is 18.6 Å². The maximum absolute atomic E-state index is 12.8. The van der Waals surface area contributed by atoms with Gasteiger partial charge in [0, 0.05) is 25.4 Å². The number of ether oxygens (including phenoxy) is 2. The molecule has 1 aliphatic rings. The summed E-state index contributed by atoms with van der Waals surface area (Å²) in [6.07, 6.45) is 5.10. The van der Waals surface area contributed by atoms with Crippen LogP contribution in [0.1, 0.15) is 40.2 Å². The van der Waals surface area contributed by atoms with E-state index >= 15 is 0 Å². The van der Waals surface area contributed by atoms with Crippen molar-refractivity contribution in [3.63, 3.8) is 0 Å². The molecule has 1 fully saturated rings. The van der Waals surface area contributed by atoms with Crippen molar-refractivity contribution in [2.45, 2.75) is 38.8 Å². The molecule has 0 bridgehead atoms. The molecule has 4 rings (SSSR count). The minimum Gasteiger partial charge on any atom is -0.481 e. The van der Waals surface area contributed by atoms with Crippen LogP contribution >= 0.6 is 0 Å². The summed E-state index contributed by atoms with van der Waals surface area (Å²) in [6.45, 7) is 4.70. The van der Waals surface area contributed by atoms with Crippen LogP contribution in [0, 0.1) is 13.8 Å². The van der Waals surface area contributed by atoms with Crippen molar-refractivity contribution in [3.8, 4) is 5.88 Å². The number of aromatic nitrogens is 5. The lowest BCUT2D eigenvalue weighted by Gasteiger charge is -2.13. The molecule has 9 nitrogen and oxygen atoms in total. The summed E-state index contributed by atoms with van der Waals surface area (Å²) in [7, 11) is 3.25. The molecule has 0 spiro atoms. The zero-order valence-electron chi connectivity index (χ0n) is 17.0. The second kappa shape index (κ2) is 7.40. The molecule has 1 aliphatic carbocycles. The van der Waals surface area contributed by atoms with Crippen molar-refractivity contribution in [2.24, 2.45) is 0 Å². The van der Waals surface area contributed by atoms with Crippen LogP contribution < -0.4 is 10.1 Å². The molecule has 0 radical (unpaired) electrons. The molecule has 3 aromatic heterocycles. The third-order valence-corrected chi connectivity index (χ3v) is 5.39. The van der Waals surface area contributed by atoms with Crippen molar-refractivity contribution in [1.82, 2.24) is 30.0 Å². The molecule has 9 heteroatoms. The third kappa shape index (κ3) is 3.65. The van der Waals surface area contributed by atoms with E-state index < -0.39 is 0 Å². The van der Waals surface area contributed by atoms with Crippen molar-refractivity contribution in [2.75, 3.05) is 20.8 Å². The van der Waals surface area contributed by atoms with Gasteiger partial charge in [-0.1, -0.05) is 0 Å². The van der Waals surface area contributed by atoms with Crippen molar-refractivity contribution >= 4 is 16.9 Å². The second-order valence-corrected chi connectivity index (χ2v) is 7.41. The Morgan fingerprint density at radius 1 is 1.24 bits per heavy atom. The first-order chi connectivity index (χ1) is 14.0. The van der Waals surface area contributed by atoms with E-state index in [0.29, 0.717) is 30.2 Å². The van der Waals surface area contributed by atoms with Gasteiger partial charge in [-0.2, -0.15) is 5.10 Å². The summed E-state index contributed by atoms with van der Waals surface area (Å²) in [5.41, 5.74) is 4.00. The third-order valence-electron chi connectivity index (χ3n) is 5.39. The topological polar surface area (TPSA) is 104 Å². The monoisotopic (exact) mass is 396 g/mol. The predicted octanol–water partition coefficient (Wildman–Crippen LogP) is 1.80. The zero-order chi connectivity index (χ0) is 20.6. The number of aryl methyl sites for hydroxylation is 1. The standard InChI is InChI=1S/C20H24N6O3/c1-12-7-15-16(21-8-12)17(18(27)22-10-20(29-4)5-6-20)25-26(15)9-14-13(2)19(28-3)24-11-23-14/h7-8,11H,5-6,9-10H2,1-4H3,(H,22,27). The van der Waals surface area contributed by atoms with Crippen LogP contribution in [-0.4, -0.2) is 57.0 Å². The van der Waals surface area contributed by atoms with E-state index in [-0.39, 0.29) is 11.5 Å². The van der Waals surface area contributed by atoms with E-state index in [1.165, 1.54) is 6.33 Å². The normalized spacial score (nSPS) is 14.8. The van der Waals surface area contributed by atoms with E-state index in [0.717, 1.165) is 35.2 Å². The molecule has 0 unspecified atom stereocenters. The molecule has 152 valence electrons. The number of carbonyl (C=O) groups excluding carboxylic acids is 1. The second-order valence-electron chi connectivity index (χ2n) is 7.41. The van der Waals surface area contributed by atoms with Gasteiger partial charge in [0.05, 0.1) is 30.5 Å². The largest absolute Gasteiger partial charge is 0.481 e. The average molecular weight is 396 g/mol. The number of methoxy groups -OCH3 is 2. The Labute approximate surface area is 168 Å². The van der Waals surface area contributed by atoms with E-state index in [9.17, 15) is 4.79 Å². The maximum Gasteiger partial charge on any atom is 0.274 e.